The number of nitrogens with zero attached hydrogens (tertiary/aromatic N) is 6. The molecule has 1 aliphatic rings. The summed E-state index contributed by atoms with van der Waals surface area (Å²) in [5, 5.41) is 7.93. The minimum absolute atomic E-state index is 0.0642. The van der Waals surface area contributed by atoms with Crippen LogP contribution in [-0.4, -0.2) is 53.0 Å². The van der Waals surface area contributed by atoms with Gasteiger partial charge in [0.2, 0.25) is 0 Å². The number of hydrogen-bond acceptors (Lipinski definition) is 7. The highest BCUT2D eigenvalue weighted by Crippen LogP contribution is 2.32. The first kappa shape index (κ1) is 25.6. The molecule has 0 radical (unpaired) electrons. The summed E-state index contributed by atoms with van der Waals surface area (Å²) in [5.41, 5.74) is 6.58. The van der Waals surface area contributed by atoms with Crippen LogP contribution in [0.15, 0.2) is 61.1 Å². The molecule has 0 saturated carbocycles. The van der Waals surface area contributed by atoms with E-state index in [1.54, 1.807) is 11.8 Å². The third-order valence-electron chi connectivity index (χ3n) is 7.12. The molecule has 3 heterocycles. The fraction of sp³-hybridized carbons (Fsp3) is 0.367. The van der Waals surface area contributed by atoms with Gasteiger partial charge in [-0.2, -0.15) is 5.10 Å². The van der Waals surface area contributed by atoms with Crippen LogP contribution >= 0.6 is 0 Å². The SMILES string of the molecule is COc1ccc(N2CCN(c3nc(Nc4cc(C(C)(C)C)ccc4C)cnc3-c3cnn(C)c3)CC2)cc1. The molecule has 8 nitrogen and oxygen atoms in total. The predicted octanol–water partition coefficient (Wildman–Crippen LogP) is 5.56. The zero-order valence-corrected chi connectivity index (χ0v) is 23.2. The molecule has 0 aliphatic carbocycles. The predicted molar refractivity (Wildman–Crippen MR) is 155 cm³/mol. The van der Waals surface area contributed by atoms with Crippen LogP contribution < -0.4 is 19.9 Å². The van der Waals surface area contributed by atoms with E-state index in [1.807, 2.05) is 37.8 Å². The van der Waals surface area contributed by atoms with E-state index < -0.39 is 0 Å². The Kier molecular flexibility index (Phi) is 6.97. The van der Waals surface area contributed by atoms with Crippen LogP contribution in [0.4, 0.5) is 23.0 Å². The van der Waals surface area contributed by atoms with Gasteiger partial charge in [0.25, 0.3) is 0 Å². The first-order valence-corrected chi connectivity index (χ1v) is 13.1. The number of nitrogens with one attached hydrogen (secondary N) is 1. The lowest BCUT2D eigenvalue weighted by Gasteiger charge is -2.37. The Balaban J connectivity index is 1.42. The third-order valence-corrected chi connectivity index (χ3v) is 7.12. The van der Waals surface area contributed by atoms with Gasteiger partial charge in [-0.3, -0.25) is 4.68 Å². The molecule has 1 fully saturated rings. The number of aryl methyl sites for hydroxylation is 2. The summed E-state index contributed by atoms with van der Waals surface area (Å²) in [6.07, 6.45) is 5.67. The van der Waals surface area contributed by atoms with Gasteiger partial charge < -0.3 is 19.9 Å². The number of hydrogen-bond donors (Lipinski definition) is 1. The first-order chi connectivity index (χ1) is 18.2. The van der Waals surface area contributed by atoms with E-state index in [9.17, 15) is 0 Å². The summed E-state index contributed by atoms with van der Waals surface area (Å²) in [4.78, 5) is 14.7. The lowest BCUT2D eigenvalue weighted by Crippen LogP contribution is -2.47. The van der Waals surface area contributed by atoms with Gasteiger partial charge in [-0.15, -0.1) is 0 Å². The van der Waals surface area contributed by atoms with Crippen molar-refractivity contribution in [2.75, 3.05) is 48.4 Å². The molecule has 5 rings (SSSR count). The van der Waals surface area contributed by atoms with Crippen LogP contribution in [-0.2, 0) is 12.5 Å². The van der Waals surface area contributed by atoms with E-state index in [-0.39, 0.29) is 5.41 Å². The molecule has 0 bridgehead atoms. The molecular weight excluding hydrogens is 474 g/mol. The molecule has 0 atom stereocenters. The van der Waals surface area contributed by atoms with Crippen molar-refractivity contribution >= 4 is 23.0 Å². The number of piperazine rings is 1. The number of anilines is 4. The van der Waals surface area contributed by atoms with Crippen LogP contribution in [0.25, 0.3) is 11.3 Å². The Hall–Kier alpha value is -4.07. The molecule has 2 aromatic carbocycles. The second-order valence-corrected chi connectivity index (χ2v) is 10.9. The summed E-state index contributed by atoms with van der Waals surface area (Å²) >= 11 is 0. The standard InChI is InChI=1S/C30H37N7O/c1-21-7-8-23(30(2,3)4)17-26(21)33-27-19-31-28(22-18-32-35(5)20-22)29(34-27)37-15-13-36(14-16-37)24-9-11-25(38-6)12-10-24/h7-12,17-20H,13-16H2,1-6H3,(H,33,34). The maximum Gasteiger partial charge on any atom is 0.157 e. The van der Waals surface area contributed by atoms with E-state index in [0.29, 0.717) is 0 Å². The van der Waals surface area contributed by atoms with Gasteiger partial charge >= 0.3 is 0 Å². The maximum atomic E-state index is 5.32. The number of ether oxygens (including phenoxy) is 1. The second-order valence-electron chi connectivity index (χ2n) is 10.9. The number of methoxy groups -OCH3 is 1. The van der Waals surface area contributed by atoms with Crippen molar-refractivity contribution in [3.8, 4) is 17.0 Å². The molecule has 4 aromatic rings. The molecule has 0 unspecified atom stereocenters. The van der Waals surface area contributed by atoms with E-state index in [4.69, 9.17) is 14.7 Å². The van der Waals surface area contributed by atoms with Crippen LogP contribution in [0.3, 0.4) is 0 Å². The minimum Gasteiger partial charge on any atom is -0.497 e. The molecular formula is C30H37N7O. The van der Waals surface area contributed by atoms with Crippen molar-refractivity contribution < 1.29 is 4.74 Å². The Morgan fingerprint density at radius 3 is 2.26 bits per heavy atom. The summed E-state index contributed by atoms with van der Waals surface area (Å²) < 4.78 is 7.12. The number of benzene rings is 2. The fourth-order valence-electron chi connectivity index (χ4n) is 4.74. The van der Waals surface area contributed by atoms with Crippen molar-refractivity contribution in [3.05, 3.63) is 72.2 Å². The number of aromatic nitrogens is 4. The van der Waals surface area contributed by atoms with Crippen LogP contribution in [0, 0.1) is 6.92 Å². The Morgan fingerprint density at radius 2 is 1.63 bits per heavy atom. The summed E-state index contributed by atoms with van der Waals surface area (Å²) in [6.45, 7) is 12.3. The van der Waals surface area contributed by atoms with E-state index >= 15 is 0 Å². The van der Waals surface area contributed by atoms with Gasteiger partial charge in [0.15, 0.2) is 11.6 Å². The lowest BCUT2D eigenvalue weighted by atomic mass is 9.86. The Labute approximate surface area is 225 Å². The van der Waals surface area contributed by atoms with E-state index in [0.717, 1.165) is 60.5 Å². The van der Waals surface area contributed by atoms with Gasteiger partial charge in [0.05, 0.1) is 19.5 Å². The average molecular weight is 512 g/mol. The molecule has 2 aromatic heterocycles. The van der Waals surface area contributed by atoms with Crippen LogP contribution in [0.5, 0.6) is 5.75 Å². The van der Waals surface area contributed by atoms with E-state index in [2.05, 4.69) is 78.2 Å². The van der Waals surface area contributed by atoms with Gasteiger partial charge in [0.1, 0.15) is 11.4 Å². The highest BCUT2D eigenvalue weighted by molar-refractivity contribution is 5.74. The molecule has 1 N–H and O–H groups in total. The normalized spacial score (nSPS) is 14.1. The first-order valence-electron chi connectivity index (χ1n) is 13.1. The molecule has 8 heteroatoms. The molecule has 0 amide bonds. The van der Waals surface area contributed by atoms with Crippen molar-refractivity contribution in [2.24, 2.45) is 7.05 Å². The smallest absolute Gasteiger partial charge is 0.157 e. The largest absolute Gasteiger partial charge is 0.497 e. The molecule has 1 aliphatic heterocycles. The molecule has 0 spiro atoms. The monoisotopic (exact) mass is 511 g/mol. The van der Waals surface area contributed by atoms with Gasteiger partial charge in [-0.1, -0.05) is 32.9 Å². The average Bonchev–Trinajstić information content (AvgIpc) is 3.35. The summed E-state index contributed by atoms with van der Waals surface area (Å²) in [5.74, 6) is 2.48. The minimum atomic E-state index is 0.0642. The summed E-state index contributed by atoms with van der Waals surface area (Å²) in [6, 6.07) is 14.9. The quantitative estimate of drug-likeness (QED) is 0.363. The highest BCUT2D eigenvalue weighted by Gasteiger charge is 2.23. The van der Waals surface area contributed by atoms with Crippen molar-refractivity contribution in [2.45, 2.75) is 33.1 Å². The van der Waals surface area contributed by atoms with Gasteiger partial charge in [-0.05, 0) is 53.8 Å². The van der Waals surface area contributed by atoms with Crippen molar-refractivity contribution in [1.29, 1.82) is 0 Å². The molecule has 38 heavy (non-hydrogen) atoms. The number of rotatable bonds is 6. The fourth-order valence-corrected chi connectivity index (χ4v) is 4.74. The Bertz CT molecular complexity index is 1400. The topological polar surface area (TPSA) is 71.3 Å². The van der Waals surface area contributed by atoms with Crippen LogP contribution in [0.1, 0.15) is 31.9 Å². The molecule has 1 saturated heterocycles. The zero-order chi connectivity index (χ0) is 26.9. The maximum absolute atomic E-state index is 5.32. The van der Waals surface area contributed by atoms with Crippen molar-refractivity contribution in [1.82, 2.24) is 19.7 Å². The highest BCUT2D eigenvalue weighted by atomic mass is 16.5. The van der Waals surface area contributed by atoms with Gasteiger partial charge in [-0.25, -0.2) is 9.97 Å². The zero-order valence-electron chi connectivity index (χ0n) is 23.2. The second kappa shape index (κ2) is 10.4. The van der Waals surface area contributed by atoms with E-state index in [1.165, 1.54) is 16.8 Å². The van der Waals surface area contributed by atoms with Crippen molar-refractivity contribution in [3.63, 3.8) is 0 Å². The Morgan fingerprint density at radius 1 is 0.921 bits per heavy atom. The third kappa shape index (κ3) is 5.44. The molecule has 198 valence electrons. The summed E-state index contributed by atoms with van der Waals surface area (Å²) in [7, 11) is 3.62. The van der Waals surface area contributed by atoms with Crippen LogP contribution in [0.2, 0.25) is 0 Å². The lowest BCUT2D eigenvalue weighted by molar-refractivity contribution is 0.415. The van der Waals surface area contributed by atoms with Gasteiger partial charge in [0, 0.05) is 56.4 Å².